The zero-order valence-electron chi connectivity index (χ0n) is 24.8. The molecule has 8 rings (SSSR count). The van der Waals surface area contributed by atoms with Crippen LogP contribution in [0.1, 0.15) is 17.0 Å². The van der Waals surface area contributed by atoms with Gasteiger partial charge in [0.15, 0.2) is 0 Å². The van der Waals surface area contributed by atoms with Crippen LogP contribution in [0.3, 0.4) is 0 Å². The first kappa shape index (κ1) is 30.1. The largest absolute Gasteiger partial charge is 0.500 e. The summed E-state index contributed by atoms with van der Waals surface area (Å²) in [6.45, 7) is 6.07. The summed E-state index contributed by atoms with van der Waals surface area (Å²) in [6, 6.07) is 38.7. The molecule has 0 saturated heterocycles. The van der Waals surface area contributed by atoms with Crippen LogP contribution in [-0.4, -0.2) is 19.5 Å². The fourth-order valence-corrected chi connectivity index (χ4v) is 5.53. The van der Waals surface area contributed by atoms with Gasteiger partial charge in [0.05, 0.1) is 28.1 Å². The number of fused-ring (bicyclic) bond motifs is 4. The molecule has 0 aliphatic heterocycles. The van der Waals surface area contributed by atoms with Crippen LogP contribution in [0, 0.1) is 38.7 Å². The molecule has 0 amide bonds. The molecule has 0 fully saturated rings. The van der Waals surface area contributed by atoms with Gasteiger partial charge < -0.3 is 14.0 Å². The molecule has 0 unspecified atom stereocenters. The Morgan fingerprint density at radius 3 is 2.31 bits per heavy atom. The maximum absolute atomic E-state index is 13.8. The van der Waals surface area contributed by atoms with Gasteiger partial charge in [-0.05, 0) is 62.4 Å². The van der Waals surface area contributed by atoms with Crippen molar-refractivity contribution in [1.82, 2.24) is 19.5 Å². The number of para-hydroxylation sites is 1. The summed E-state index contributed by atoms with van der Waals surface area (Å²) in [5.74, 6) is 0.390. The van der Waals surface area contributed by atoms with E-state index in [1.54, 1.807) is 12.3 Å². The van der Waals surface area contributed by atoms with E-state index in [-0.39, 0.29) is 25.9 Å². The van der Waals surface area contributed by atoms with Gasteiger partial charge in [-0.3, -0.25) is 9.97 Å². The van der Waals surface area contributed by atoms with Crippen molar-refractivity contribution in [2.24, 2.45) is 0 Å². The average Bonchev–Trinajstić information content (AvgIpc) is 3.64. The molecule has 0 atom stereocenters. The Labute approximate surface area is 273 Å². The van der Waals surface area contributed by atoms with Crippen molar-refractivity contribution in [2.45, 2.75) is 20.8 Å². The molecule has 0 aliphatic carbocycles. The second kappa shape index (κ2) is 12.6. The van der Waals surface area contributed by atoms with Gasteiger partial charge in [0.2, 0.25) is 0 Å². The first-order valence-corrected chi connectivity index (χ1v) is 14.3. The van der Waals surface area contributed by atoms with E-state index in [1.165, 1.54) is 12.1 Å². The predicted molar refractivity (Wildman–Crippen MR) is 173 cm³/mol. The molecule has 8 aromatic rings. The van der Waals surface area contributed by atoms with Crippen LogP contribution in [0.4, 0.5) is 4.39 Å². The third-order valence-corrected chi connectivity index (χ3v) is 7.74. The number of hydrogen-bond donors (Lipinski definition) is 0. The number of pyridine rings is 2. The summed E-state index contributed by atoms with van der Waals surface area (Å²) in [6.07, 6.45) is 1.79. The Kier molecular flexibility index (Phi) is 8.40. The summed E-state index contributed by atoms with van der Waals surface area (Å²) in [5.41, 5.74) is 9.67. The summed E-state index contributed by atoms with van der Waals surface area (Å²) in [4.78, 5) is 14.0. The van der Waals surface area contributed by atoms with Crippen molar-refractivity contribution in [2.75, 3.05) is 0 Å². The van der Waals surface area contributed by atoms with Gasteiger partial charge in [0.25, 0.3) is 0 Å². The van der Waals surface area contributed by atoms with Crippen LogP contribution in [0.2, 0.25) is 0 Å². The van der Waals surface area contributed by atoms with Gasteiger partial charge >= 0.3 is 0 Å². The molecule has 1 radical (unpaired) electrons. The Bertz CT molecular complexity index is 2230. The van der Waals surface area contributed by atoms with Crippen LogP contribution in [0.25, 0.3) is 61.3 Å². The average molecular weight is 767 g/mol. The molecule has 4 aromatic carbocycles. The van der Waals surface area contributed by atoms with Crippen LogP contribution < -0.4 is 0 Å². The van der Waals surface area contributed by atoms with Crippen molar-refractivity contribution >= 4 is 33.0 Å². The first-order chi connectivity index (χ1) is 21.5. The van der Waals surface area contributed by atoms with Crippen LogP contribution in [-0.2, 0) is 20.1 Å². The molecule has 0 aliphatic rings. The minimum Gasteiger partial charge on any atom is -0.500 e. The molecule has 223 valence electrons. The quantitative estimate of drug-likeness (QED) is 0.168. The number of aromatic nitrogens is 4. The summed E-state index contributed by atoms with van der Waals surface area (Å²) < 4.78 is 22.1. The zero-order valence-corrected chi connectivity index (χ0v) is 27.2. The number of benzene rings is 4. The molecule has 0 N–H and O–H groups in total. The van der Waals surface area contributed by atoms with E-state index in [0.29, 0.717) is 11.2 Å². The monoisotopic (exact) mass is 767 g/mol. The maximum atomic E-state index is 13.8. The molecule has 4 heterocycles. The predicted octanol–water partition coefficient (Wildman–Crippen LogP) is 9.40. The van der Waals surface area contributed by atoms with E-state index < -0.39 is 0 Å². The molecule has 7 heteroatoms. The topological polar surface area (TPSA) is 56.7 Å². The van der Waals surface area contributed by atoms with E-state index in [9.17, 15) is 4.39 Å². The molecular formula is C38H27FIrN4O-2. The van der Waals surface area contributed by atoms with E-state index in [4.69, 9.17) is 14.4 Å². The van der Waals surface area contributed by atoms with Crippen LogP contribution in [0.15, 0.2) is 114 Å². The first-order valence-electron chi connectivity index (χ1n) is 14.3. The molecule has 0 bridgehead atoms. The number of nitrogens with zero attached hydrogens (tertiary/aromatic N) is 4. The smallest absolute Gasteiger partial charge is 0.126 e. The summed E-state index contributed by atoms with van der Waals surface area (Å²) >= 11 is 0. The van der Waals surface area contributed by atoms with Crippen molar-refractivity contribution in [1.29, 1.82) is 0 Å². The van der Waals surface area contributed by atoms with Gasteiger partial charge in [-0.25, -0.2) is 4.39 Å². The zero-order chi connectivity index (χ0) is 30.2. The summed E-state index contributed by atoms with van der Waals surface area (Å²) in [5, 5.41) is 1.77. The molecule has 5 nitrogen and oxygen atoms in total. The van der Waals surface area contributed by atoms with Gasteiger partial charge in [-0.2, -0.15) is 0 Å². The van der Waals surface area contributed by atoms with Gasteiger partial charge in [-0.15, -0.1) is 54.1 Å². The number of furan rings is 1. The number of hydrogen-bond acceptors (Lipinski definition) is 4. The van der Waals surface area contributed by atoms with Crippen molar-refractivity contribution < 1.29 is 28.9 Å². The second-order valence-electron chi connectivity index (χ2n) is 10.5. The Balaban J connectivity index is 0.000000231. The van der Waals surface area contributed by atoms with Gasteiger partial charge in [0, 0.05) is 49.1 Å². The van der Waals surface area contributed by atoms with E-state index in [0.717, 1.165) is 67.1 Å². The Morgan fingerprint density at radius 2 is 1.56 bits per heavy atom. The SMILES string of the molecule is Cc1nc(C)c2nc(-c3[c-]ccc4c3oc3cc(F)ccc34)n(-c3ccccc3)c2c1C.[Ir].[c-]1ccccc1-c1ccccn1. The molecule has 4 aromatic heterocycles. The number of imidazole rings is 1. The molecular weight excluding hydrogens is 740 g/mol. The van der Waals surface area contributed by atoms with Crippen LogP contribution in [0.5, 0.6) is 0 Å². The van der Waals surface area contributed by atoms with Crippen molar-refractivity contribution in [3.8, 4) is 28.3 Å². The Hall–Kier alpha value is -4.97. The van der Waals surface area contributed by atoms with E-state index in [1.807, 2.05) is 86.6 Å². The van der Waals surface area contributed by atoms with Gasteiger partial charge in [0.1, 0.15) is 11.4 Å². The fourth-order valence-electron chi connectivity index (χ4n) is 5.53. The minimum absolute atomic E-state index is 0. The third-order valence-electron chi connectivity index (χ3n) is 7.74. The maximum Gasteiger partial charge on any atom is 0.126 e. The van der Waals surface area contributed by atoms with E-state index in [2.05, 4.69) is 40.7 Å². The van der Waals surface area contributed by atoms with Crippen molar-refractivity contribution in [3.63, 3.8) is 0 Å². The standard InChI is InChI=1S/C27H19FN3O.C11H8N.Ir/c1-15-16(2)29-17(3)24-25(15)31(19-8-5-4-6-9-19)27(30-24)22-11-7-10-21-20-13-12-18(28)14-23(20)32-26(21)22;1-2-6-10(7-3-1)11-8-4-5-9-12-11;/h4-10,12-14H,1-3H3;1-6,8-9H;/q2*-1;. The molecule has 0 saturated carbocycles. The van der Waals surface area contributed by atoms with Gasteiger partial charge in [-0.1, -0.05) is 41.3 Å². The minimum atomic E-state index is -0.327. The number of halogens is 1. The van der Waals surface area contributed by atoms with E-state index >= 15 is 0 Å². The van der Waals surface area contributed by atoms with Crippen LogP contribution >= 0.6 is 0 Å². The third kappa shape index (κ3) is 5.57. The molecule has 0 spiro atoms. The number of rotatable bonds is 3. The molecule has 45 heavy (non-hydrogen) atoms. The number of aryl methyl sites for hydroxylation is 3. The summed E-state index contributed by atoms with van der Waals surface area (Å²) in [7, 11) is 0. The Morgan fingerprint density at radius 1 is 0.756 bits per heavy atom. The van der Waals surface area contributed by atoms with Crippen molar-refractivity contribution in [3.05, 3.63) is 144 Å². The normalized spacial score (nSPS) is 10.9. The fraction of sp³-hybridized carbons (Fsp3) is 0.0789. The second-order valence-corrected chi connectivity index (χ2v) is 10.5.